The summed E-state index contributed by atoms with van der Waals surface area (Å²) in [6, 6.07) is 23.3. The summed E-state index contributed by atoms with van der Waals surface area (Å²) < 4.78 is 59.1. The van der Waals surface area contributed by atoms with Gasteiger partial charge in [0.25, 0.3) is 0 Å². The molecule has 0 spiro atoms. The quantitative estimate of drug-likeness (QED) is 0.371. The summed E-state index contributed by atoms with van der Waals surface area (Å²) in [6.45, 7) is -0.204. The van der Waals surface area contributed by atoms with Crippen molar-refractivity contribution in [3.05, 3.63) is 89.7 Å². The zero-order chi connectivity index (χ0) is 22.8. The molecule has 32 heavy (non-hydrogen) atoms. The molecule has 11 heteroatoms. The first-order valence-corrected chi connectivity index (χ1v) is 12.9. The minimum absolute atomic E-state index is 0.102. The summed E-state index contributed by atoms with van der Waals surface area (Å²) in [4.78, 5) is 0.289. The third-order valence-corrected chi connectivity index (χ3v) is 8.10. The fourth-order valence-electron chi connectivity index (χ4n) is 3.24. The SMILES string of the molecule is O=S(=O)(NCn1c(=S)n(CNS(=O)(=O)c2ccccc2)c2ccccc21)c1ccccc1. The van der Waals surface area contributed by atoms with Crippen molar-refractivity contribution >= 4 is 43.3 Å². The molecule has 0 saturated carbocycles. The highest BCUT2D eigenvalue weighted by atomic mass is 32.2. The fourth-order valence-corrected chi connectivity index (χ4v) is 5.53. The number of aromatic nitrogens is 2. The zero-order valence-corrected chi connectivity index (χ0v) is 19.2. The fraction of sp³-hybridized carbons (Fsp3) is 0.0952. The molecule has 8 nitrogen and oxygen atoms in total. The number of nitrogens with zero attached hydrogens (tertiary/aromatic N) is 2. The van der Waals surface area contributed by atoms with Crippen molar-refractivity contribution in [2.24, 2.45) is 0 Å². The molecular formula is C21H20N4O4S3. The van der Waals surface area contributed by atoms with E-state index >= 15 is 0 Å². The number of hydrogen-bond acceptors (Lipinski definition) is 5. The lowest BCUT2D eigenvalue weighted by Gasteiger charge is -2.09. The molecule has 1 heterocycles. The minimum Gasteiger partial charge on any atom is -0.302 e. The molecule has 0 atom stereocenters. The highest BCUT2D eigenvalue weighted by Crippen LogP contribution is 2.18. The van der Waals surface area contributed by atoms with Crippen LogP contribution in [0, 0.1) is 4.77 Å². The van der Waals surface area contributed by atoms with Crippen LogP contribution in [-0.2, 0) is 33.4 Å². The summed E-state index contributed by atoms with van der Waals surface area (Å²) in [5.74, 6) is 0. The maximum atomic E-state index is 12.6. The highest BCUT2D eigenvalue weighted by Gasteiger charge is 2.18. The molecule has 0 saturated heterocycles. The van der Waals surface area contributed by atoms with Crippen molar-refractivity contribution in [2.75, 3.05) is 0 Å². The van der Waals surface area contributed by atoms with E-state index in [2.05, 4.69) is 9.44 Å². The maximum Gasteiger partial charge on any atom is 0.242 e. The Labute approximate surface area is 191 Å². The van der Waals surface area contributed by atoms with Crippen molar-refractivity contribution in [2.45, 2.75) is 23.1 Å². The van der Waals surface area contributed by atoms with E-state index in [1.54, 1.807) is 69.8 Å². The van der Waals surface area contributed by atoms with Crippen LogP contribution in [0.4, 0.5) is 0 Å². The average Bonchev–Trinajstić information content (AvgIpc) is 3.08. The molecule has 0 radical (unpaired) electrons. The molecule has 1 aromatic heterocycles. The van der Waals surface area contributed by atoms with Crippen molar-refractivity contribution in [3.8, 4) is 0 Å². The number of benzene rings is 3. The van der Waals surface area contributed by atoms with Gasteiger partial charge in [-0.2, -0.15) is 9.44 Å². The third kappa shape index (κ3) is 4.52. The van der Waals surface area contributed by atoms with E-state index in [1.165, 1.54) is 24.3 Å². The number of rotatable bonds is 8. The summed E-state index contributed by atoms with van der Waals surface area (Å²) >= 11 is 5.56. The lowest BCUT2D eigenvalue weighted by molar-refractivity contribution is 0.551. The van der Waals surface area contributed by atoms with Crippen LogP contribution in [0.1, 0.15) is 0 Å². The number of imidazole rings is 1. The first-order chi connectivity index (χ1) is 15.3. The van der Waals surface area contributed by atoms with Crippen LogP contribution in [0.15, 0.2) is 94.7 Å². The van der Waals surface area contributed by atoms with Gasteiger partial charge in [-0.15, -0.1) is 0 Å². The van der Waals surface area contributed by atoms with Gasteiger partial charge in [0.2, 0.25) is 20.0 Å². The van der Waals surface area contributed by atoms with E-state index in [4.69, 9.17) is 12.2 Å². The second-order valence-corrected chi connectivity index (χ2v) is 10.8. The van der Waals surface area contributed by atoms with Crippen LogP contribution in [0.2, 0.25) is 0 Å². The standard InChI is InChI=1S/C21H20N4O4S3/c26-31(27,17-9-3-1-4-10-17)22-15-24-19-13-7-8-14-20(19)25(21(24)30)16-23-32(28,29)18-11-5-2-6-12-18/h1-14,22-23H,15-16H2. The Hall–Kier alpha value is -2.83. The van der Waals surface area contributed by atoms with Gasteiger partial charge in [-0.25, -0.2) is 16.8 Å². The first kappa shape index (κ1) is 22.4. The second-order valence-electron chi connectivity index (χ2n) is 6.87. The van der Waals surface area contributed by atoms with Gasteiger partial charge in [-0.1, -0.05) is 48.5 Å². The van der Waals surface area contributed by atoms with Crippen LogP contribution in [0.3, 0.4) is 0 Å². The maximum absolute atomic E-state index is 12.6. The lowest BCUT2D eigenvalue weighted by Crippen LogP contribution is -2.28. The van der Waals surface area contributed by atoms with E-state index < -0.39 is 20.0 Å². The van der Waals surface area contributed by atoms with Gasteiger partial charge < -0.3 is 9.13 Å². The zero-order valence-electron chi connectivity index (χ0n) is 16.7. The van der Waals surface area contributed by atoms with Crippen LogP contribution in [0.5, 0.6) is 0 Å². The molecule has 4 aromatic rings. The molecule has 0 fully saturated rings. The molecule has 0 amide bonds. The minimum atomic E-state index is -3.74. The van der Waals surface area contributed by atoms with Gasteiger partial charge in [0.05, 0.1) is 34.2 Å². The van der Waals surface area contributed by atoms with Crippen molar-refractivity contribution in [1.29, 1.82) is 0 Å². The van der Waals surface area contributed by atoms with Gasteiger partial charge in [-0.3, -0.25) is 0 Å². The molecule has 0 unspecified atom stereocenters. The van der Waals surface area contributed by atoms with Gasteiger partial charge in [-0.05, 0) is 48.6 Å². The molecule has 3 aromatic carbocycles. The average molecular weight is 489 g/mol. The van der Waals surface area contributed by atoms with Crippen LogP contribution in [0.25, 0.3) is 11.0 Å². The molecule has 166 valence electrons. The number of fused-ring (bicyclic) bond motifs is 1. The molecule has 2 N–H and O–H groups in total. The van der Waals surface area contributed by atoms with E-state index in [0.29, 0.717) is 11.0 Å². The van der Waals surface area contributed by atoms with Gasteiger partial charge in [0, 0.05) is 0 Å². The van der Waals surface area contributed by atoms with E-state index in [1.807, 2.05) is 0 Å². The first-order valence-electron chi connectivity index (χ1n) is 9.57. The van der Waals surface area contributed by atoms with E-state index in [0.717, 1.165) is 0 Å². The molecule has 0 bridgehead atoms. The van der Waals surface area contributed by atoms with Crippen molar-refractivity contribution in [1.82, 2.24) is 18.6 Å². The number of nitrogens with one attached hydrogen (secondary N) is 2. The van der Waals surface area contributed by atoms with Gasteiger partial charge >= 0.3 is 0 Å². The Kier molecular flexibility index (Phi) is 6.26. The molecule has 0 aliphatic rings. The number of hydrogen-bond donors (Lipinski definition) is 2. The van der Waals surface area contributed by atoms with Crippen molar-refractivity contribution < 1.29 is 16.8 Å². The Morgan fingerprint density at radius 3 is 1.31 bits per heavy atom. The van der Waals surface area contributed by atoms with Crippen LogP contribution < -0.4 is 9.44 Å². The summed E-state index contributed by atoms with van der Waals surface area (Å²) in [5, 5.41) is 0. The van der Waals surface area contributed by atoms with E-state index in [9.17, 15) is 16.8 Å². The molecule has 0 aliphatic heterocycles. The largest absolute Gasteiger partial charge is 0.302 e. The molecule has 4 rings (SSSR count). The monoisotopic (exact) mass is 488 g/mol. The number of sulfonamides is 2. The number of para-hydroxylation sites is 2. The predicted octanol–water partition coefficient (Wildman–Crippen LogP) is 3.04. The van der Waals surface area contributed by atoms with Crippen LogP contribution >= 0.6 is 12.2 Å². The Bertz CT molecular complexity index is 1400. The topological polar surface area (TPSA) is 102 Å². The molecule has 0 aliphatic carbocycles. The Morgan fingerprint density at radius 1 is 0.594 bits per heavy atom. The van der Waals surface area contributed by atoms with Gasteiger partial charge in [0.15, 0.2) is 4.77 Å². The van der Waals surface area contributed by atoms with Crippen molar-refractivity contribution in [3.63, 3.8) is 0 Å². The van der Waals surface area contributed by atoms with E-state index in [-0.39, 0.29) is 27.9 Å². The molecular weight excluding hydrogens is 468 g/mol. The normalized spacial score (nSPS) is 12.2. The summed E-state index contributed by atoms with van der Waals surface area (Å²) in [6.07, 6.45) is 0. The Morgan fingerprint density at radius 2 is 0.938 bits per heavy atom. The lowest BCUT2D eigenvalue weighted by atomic mass is 10.3. The predicted molar refractivity (Wildman–Crippen MR) is 124 cm³/mol. The van der Waals surface area contributed by atoms with Gasteiger partial charge in [0.1, 0.15) is 0 Å². The smallest absolute Gasteiger partial charge is 0.242 e. The summed E-state index contributed by atoms with van der Waals surface area (Å²) in [5.41, 5.74) is 1.35. The second kappa shape index (κ2) is 8.96. The Balaban J connectivity index is 1.63. The highest BCUT2D eigenvalue weighted by molar-refractivity contribution is 7.89. The summed E-state index contributed by atoms with van der Waals surface area (Å²) in [7, 11) is -7.49. The van der Waals surface area contributed by atoms with Crippen LogP contribution in [-0.4, -0.2) is 26.0 Å². The third-order valence-electron chi connectivity index (χ3n) is 4.86.